The summed E-state index contributed by atoms with van der Waals surface area (Å²) in [4.78, 5) is 54.6. The van der Waals surface area contributed by atoms with Gasteiger partial charge in [0.05, 0.1) is 18.3 Å². The number of hydrogen-bond acceptors (Lipinski definition) is 6. The van der Waals surface area contributed by atoms with Gasteiger partial charge in [-0.25, -0.2) is 4.79 Å². The largest absolute Gasteiger partial charge is 0.445 e. The molecule has 2 aromatic rings. The molecule has 0 aliphatic rings. The van der Waals surface area contributed by atoms with Crippen LogP contribution in [0.5, 0.6) is 0 Å². The third kappa shape index (κ3) is 9.95. The molecule has 0 aliphatic carbocycles. The van der Waals surface area contributed by atoms with Crippen molar-refractivity contribution in [1.29, 1.82) is 0 Å². The minimum Gasteiger partial charge on any atom is -0.445 e. The predicted molar refractivity (Wildman–Crippen MR) is 131 cm³/mol. The Morgan fingerprint density at radius 1 is 0.943 bits per heavy atom. The molecule has 1 aromatic heterocycles. The molecule has 9 heteroatoms. The maximum absolute atomic E-state index is 13.0. The summed E-state index contributed by atoms with van der Waals surface area (Å²) in [6, 6.07) is 12.5. The Bertz CT molecular complexity index is 966. The Balaban J connectivity index is 1.97. The summed E-state index contributed by atoms with van der Waals surface area (Å²) in [5, 5.41) is 7.78. The van der Waals surface area contributed by atoms with Crippen molar-refractivity contribution in [3.63, 3.8) is 0 Å². The topological polar surface area (TPSA) is 126 Å². The van der Waals surface area contributed by atoms with Gasteiger partial charge in [0.1, 0.15) is 12.6 Å². The Morgan fingerprint density at radius 2 is 1.66 bits per heavy atom. The highest BCUT2D eigenvalue weighted by Crippen LogP contribution is 2.08. The number of Topliss-reactive ketones (excluding diaryl/α,β-unsaturated/α-hetero) is 1. The van der Waals surface area contributed by atoms with Crippen LogP contribution in [0, 0.1) is 5.92 Å². The van der Waals surface area contributed by atoms with Crippen LogP contribution in [-0.2, 0) is 32.3 Å². The minimum atomic E-state index is -1.01. The van der Waals surface area contributed by atoms with Crippen molar-refractivity contribution in [2.75, 3.05) is 0 Å². The van der Waals surface area contributed by atoms with Gasteiger partial charge in [-0.05, 0) is 36.5 Å². The smallest absolute Gasteiger partial charge is 0.408 e. The van der Waals surface area contributed by atoms with Crippen molar-refractivity contribution in [3.8, 4) is 0 Å². The highest BCUT2D eigenvalue weighted by molar-refractivity contribution is 6.38. The molecular formula is C26H34N4O5. The van der Waals surface area contributed by atoms with Crippen LogP contribution < -0.4 is 16.0 Å². The van der Waals surface area contributed by atoms with E-state index in [0.717, 1.165) is 5.56 Å². The van der Waals surface area contributed by atoms with Gasteiger partial charge in [-0.2, -0.15) is 0 Å². The van der Waals surface area contributed by atoms with Crippen LogP contribution in [0.1, 0.15) is 51.3 Å². The van der Waals surface area contributed by atoms with E-state index in [1.165, 1.54) is 0 Å². The first-order valence-corrected chi connectivity index (χ1v) is 11.8. The Kier molecular flexibility index (Phi) is 11.4. The van der Waals surface area contributed by atoms with E-state index in [0.29, 0.717) is 18.5 Å². The van der Waals surface area contributed by atoms with E-state index in [2.05, 4.69) is 20.9 Å². The van der Waals surface area contributed by atoms with E-state index in [4.69, 9.17) is 4.74 Å². The number of aromatic nitrogens is 1. The first kappa shape index (κ1) is 27.5. The molecule has 2 atom stereocenters. The lowest BCUT2D eigenvalue weighted by molar-refractivity contribution is -0.140. The lowest BCUT2D eigenvalue weighted by Crippen LogP contribution is -2.54. The molecule has 9 nitrogen and oxygen atoms in total. The molecule has 0 saturated heterocycles. The van der Waals surface area contributed by atoms with E-state index in [1.54, 1.807) is 24.4 Å². The molecule has 188 valence electrons. The molecule has 35 heavy (non-hydrogen) atoms. The summed E-state index contributed by atoms with van der Waals surface area (Å²) < 4.78 is 5.24. The van der Waals surface area contributed by atoms with Gasteiger partial charge in [0.2, 0.25) is 11.7 Å². The fourth-order valence-corrected chi connectivity index (χ4v) is 3.36. The van der Waals surface area contributed by atoms with Gasteiger partial charge in [-0.1, -0.05) is 63.6 Å². The van der Waals surface area contributed by atoms with Crippen molar-refractivity contribution in [1.82, 2.24) is 20.9 Å². The number of benzene rings is 1. The molecule has 0 saturated carbocycles. The number of amides is 3. The van der Waals surface area contributed by atoms with Gasteiger partial charge in [-0.15, -0.1) is 0 Å². The van der Waals surface area contributed by atoms with Crippen LogP contribution in [0.4, 0.5) is 4.79 Å². The third-order valence-electron chi connectivity index (χ3n) is 5.12. The SMILES string of the molecule is CCC[C@H](NC(=O)[C@H](CC(C)C)NC(=O)OCc1ccccc1)C(=O)C(=O)NCc1ccccn1. The maximum Gasteiger partial charge on any atom is 0.408 e. The lowest BCUT2D eigenvalue weighted by atomic mass is 10.0. The molecule has 0 bridgehead atoms. The number of nitrogens with zero attached hydrogens (tertiary/aromatic N) is 1. The number of nitrogens with one attached hydrogen (secondary N) is 3. The van der Waals surface area contributed by atoms with Crippen LogP contribution in [0.3, 0.4) is 0 Å². The van der Waals surface area contributed by atoms with Crippen LogP contribution in [-0.4, -0.2) is 40.8 Å². The second kappa shape index (κ2) is 14.5. The van der Waals surface area contributed by atoms with E-state index in [1.807, 2.05) is 51.1 Å². The van der Waals surface area contributed by atoms with Gasteiger partial charge >= 0.3 is 6.09 Å². The first-order valence-electron chi connectivity index (χ1n) is 11.8. The monoisotopic (exact) mass is 482 g/mol. The predicted octanol–water partition coefficient (Wildman–Crippen LogP) is 2.89. The van der Waals surface area contributed by atoms with Crippen molar-refractivity contribution >= 4 is 23.7 Å². The van der Waals surface area contributed by atoms with E-state index in [9.17, 15) is 19.2 Å². The zero-order valence-corrected chi connectivity index (χ0v) is 20.5. The zero-order valence-electron chi connectivity index (χ0n) is 20.5. The molecule has 0 aliphatic heterocycles. The Labute approximate surface area is 206 Å². The highest BCUT2D eigenvalue weighted by Gasteiger charge is 2.30. The maximum atomic E-state index is 13.0. The fraction of sp³-hybridized carbons (Fsp3) is 0.423. The summed E-state index contributed by atoms with van der Waals surface area (Å²) >= 11 is 0. The van der Waals surface area contributed by atoms with Crippen molar-refractivity contribution < 1.29 is 23.9 Å². The fourth-order valence-electron chi connectivity index (χ4n) is 3.36. The number of ether oxygens (including phenoxy) is 1. The number of carbonyl (C=O) groups excluding carboxylic acids is 4. The van der Waals surface area contributed by atoms with Crippen LogP contribution in [0.2, 0.25) is 0 Å². The first-order chi connectivity index (χ1) is 16.8. The highest BCUT2D eigenvalue weighted by atomic mass is 16.5. The molecular weight excluding hydrogens is 448 g/mol. The second-order valence-corrected chi connectivity index (χ2v) is 8.61. The van der Waals surface area contributed by atoms with Crippen molar-refractivity contribution in [2.45, 2.75) is 65.3 Å². The minimum absolute atomic E-state index is 0.0656. The van der Waals surface area contributed by atoms with Gasteiger partial charge in [0.25, 0.3) is 5.91 Å². The van der Waals surface area contributed by atoms with Crippen LogP contribution in [0.25, 0.3) is 0 Å². The number of pyridine rings is 1. The van der Waals surface area contributed by atoms with E-state index < -0.39 is 35.8 Å². The zero-order chi connectivity index (χ0) is 25.6. The molecule has 0 unspecified atom stereocenters. The Morgan fingerprint density at radius 3 is 2.29 bits per heavy atom. The number of rotatable bonds is 13. The summed E-state index contributed by atoms with van der Waals surface area (Å²) in [6.07, 6.45) is 2.06. The average Bonchev–Trinajstić information content (AvgIpc) is 2.85. The standard InChI is InChI=1S/C26H34N4O5/c1-4-10-21(23(31)25(33)28-16-20-13-8-9-14-27-20)29-24(32)22(15-18(2)3)30-26(34)35-17-19-11-6-5-7-12-19/h5-9,11-14,18,21-22H,4,10,15-17H2,1-3H3,(H,28,33)(H,29,32)(H,30,34)/t21-,22-/m0/s1. The summed E-state index contributed by atoms with van der Waals surface area (Å²) in [5.74, 6) is -2.00. The molecule has 0 radical (unpaired) electrons. The van der Waals surface area contributed by atoms with Gasteiger partial charge in [0.15, 0.2) is 0 Å². The third-order valence-corrected chi connectivity index (χ3v) is 5.12. The summed E-state index contributed by atoms with van der Waals surface area (Å²) in [5.41, 5.74) is 1.43. The van der Waals surface area contributed by atoms with Crippen LogP contribution in [0.15, 0.2) is 54.7 Å². The molecule has 2 rings (SSSR count). The van der Waals surface area contributed by atoms with E-state index in [-0.39, 0.29) is 25.5 Å². The van der Waals surface area contributed by atoms with Crippen molar-refractivity contribution in [2.24, 2.45) is 5.92 Å². The van der Waals surface area contributed by atoms with Gasteiger partial charge < -0.3 is 20.7 Å². The number of carbonyl (C=O) groups is 4. The molecule has 3 N–H and O–H groups in total. The number of ketones is 1. The normalized spacial score (nSPS) is 12.3. The Hall–Kier alpha value is -3.75. The van der Waals surface area contributed by atoms with Crippen molar-refractivity contribution in [3.05, 3.63) is 66.0 Å². The lowest BCUT2D eigenvalue weighted by Gasteiger charge is -2.23. The van der Waals surface area contributed by atoms with Gasteiger partial charge in [-0.3, -0.25) is 19.4 Å². The molecule has 0 fully saturated rings. The average molecular weight is 483 g/mol. The van der Waals surface area contributed by atoms with Gasteiger partial charge in [0, 0.05) is 6.20 Å². The quantitative estimate of drug-likeness (QED) is 0.377. The molecule has 0 spiro atoms. The summed E-state index contributed by atoms with van der Waals surface area (Å²) in [6.45, 7) is 5.84. The molecule has 1 aromatic carbocycles. The molecule has 1 heterocycles. The van der Waals surface area contributed by atoms with Crippen LogP contribution >= 0.6 is 0 Å². The molecule has 3 amide bonds. The second-order valence-electron chi connectivity index (χ2n) is 8.61. The summed E-state index contributed by atoms with van der Waals surface area (Å²) in [7, 11) is 0. The number of hydrogen-bond donors (Lipinski definition) is 3. The van der Waals surface area contributed by atoms with E-state index >= 15 is 0 Å². The number of alkyl carbamates (subject to hydrolysis) is 1.